The van der Waals surface area contributed by atoms with Crippen LogP contribution < -0.4 is 0 Å². The van der Waals surface area contributed by atoms with E-state index in [-0.39, 0.29) is 11.5 Å². The van der Waals surface area contributed by atoms with Crippen molar-refractivity contribution in [1.82, 2.24) is 4.98 Å². The predicted molar refractivity (Wildman–Crippen MR) is 78.4 cm³/mol. The number of ketones is 1. The Morgan fingerprint density at radius 1 is 1.20 bits per heavy atom. The molecular weight excluding hydrogens is 274 g/mol. The summed E-state index contributed by atoms with van der Waals surface area (Å²) in [4.78, 5) is 27.9. The lowest BCUT2D eigenvalue weighted by molar-refractivity contribution is 0.0591. The van der Waals surface area contributed by atoms with Crippen molar-refractivity contribution in [2.24, 2.45) is 0 Å². The number of hydrogen-bond acceptors (Lipinski definition) is 5. The Kier molecular flexibility index (Phi) is 3.99. The van der Waals surface area contributed by atoms with Gasteiger partial charge in [-0.3, -0.25) is 4.79 Å². The molecule has 104 valence electrons. The van der Waals surface area contributed by atoms with Gasteiger partial charge < -0.3 is 4.74 Å². The van der Waals surface area contributed by atoms with E-state index in [1.165, 1.54) is 30.9 Å². The van der Waals surface area contributed by atoms with Crippen molar-refractivity contribution in [3.63, 3.8) is 0 Å². The van der Waals surface area contributed by atoms with Crippen molar-refractivity contribution in [3.05, 3.63) is 39.9 Å². The smallest absolute Gasteiger partial charge is 0.358 e. The van der Waals surface area contributed by atoms with E-state index in [1.54, 1.807) is 0 Å². The van der Waals surface area contributed by atoms with E-state index in [2.05, 4.69) is 9.72 Å². The zero-order valence-corrected chi connectivity index (χ0v) is 12.6. The predicted octanol–water partition coefficient (Wildman–Crippen LogP) is 3.42. The highest BCUT2D eigenvalue weighted by molar-refractivity contribution is 7.17. The minimum absolute atomic E-state index is 0.0956. The quantitative estimate of drug-likeness (QED) is 0.641. The number of carbonyl (C=O) groups is 2. The number of aryl methyl sites for hydroxylation is 2. The minimum Gasteiger partial charge on any atom is -0.464 e. The summed E-state index contributed by atoms with van der Waals surface area (Å²) in [7, 11) is 1.28. The molecule has 1 heterocycles. The Morgan fingerprint density at radius 2 is 1.90 bits per heavy atom. The number of Topliss-reactive ketones (excluding diaryl/α,β-unsaturated/α-hetero) is 1. The van der Waals surface area contributed by atoms with Gasteiger partial charge in [0.1, 0.15) is 9.88 Å². The lowest BCUT2D eigenvalue weighted by Crippen LogP contribution is -2.06. The molecule has 0 aliphatic carbocycles. The Bertz CT molecular complexity index is 688. The van der Waals surface area contributed by atoms with Gasteiger partial charge in [-0.2, -0.15) is 0 Å². The fourth-order valence-corrected chi connectivity index (χ4v) is 2.74. The molecule has 0 saturated carbocycles. The number of hydrogen-bond donors (Lipinski definition) is 0. The van der Waals surface area contributed by atoms with E-state index in [0.717, 1.165) is 11.1 Å². The largest absolute Gasteiger partial charge is 0.464 e. The van der Waals surface area contributed by atoms with E-state index >= 15 is 0 Å². The van der Waals surface area contributed by atoms with Gasteiger partial charge in [0.2, 0.25) is 0 Å². The van der Waals surface area contributed by atoms with Gasteiger partial charge in [0.05, 0.1) is 7.11 Å². The summed E-state index contributed by atoms with van der Waals surface area (Å²) in [5.41, 5.74) is 3.32. The normalized spacial score (nSPS) is 10.4. The van der Waals surface area contributed by atoms with Gasteiger partial charge in [-0.05, 0) is 31.0 Å². The molecule has 0 unspecified atom stereocenters. The van der Waals surface area contributed by atoms with Crippen LogP contribution in [-0.4, -0.2) is 23.8 Å². The molecule has 4 nitrogen and oxygen atoms in total. The molecule has 2 aromatic rings. The van der Waals surface area contributed by atoms with Crippen molar-refractivity contribution in [1.29, 1.82) is 0 Å². The fraction of sp³-hybridized carbons (Fsp3) is 0.267. The van der Waals surface area contributed by atoms with Gasteiger partial charge in [-0.25, -0.2) is 9.78 Å². The molecular formula is C15H15NO3S. The topological polar surface area (TPSA) is 56.3 Å². The molecule has 0 fully saturated rings. The second-order valence-electron chi connectivity index (χ2n) is 4.54. The van der Waals surface area contributed by atoms with Crippen LogP contribution in [-0.2, 0) is 4.74 Å². The van der Waals surface area contributed by atoms with Crippen molar-refractivity contribution < 1.29 is 14.3 Å². The number of esters is 1. The molecule has 2 rings (SSSR count). The lowest BCUT2D eigenvalue weighted by atomic mass is 10.1. The third-order valence-electron chi connectivity index (χ3n) is 3.08. The zero-order chi connectivity index (χ0) is 14.9. The third kappa shape index (κ3) is 2.63. The molecule has 1 aromatic heterocycles. The monoisotopic (exact) mass is 289 g/mol. The van der Waals surface area contributed by atoms with E-state index in [9.17, 15) is 9.59 Å². The van der Waals surface area contributed by atoms with Gasteiger partial charge >= 0.3 is 5.97 Å². The lowest BCUT2D eigenvalue weighted by Gasteiger charge is -2.01. The molecule has 0 aliphatic heterocycles. The molecule has 20 heavy (non-hydrogen) atoms. The Labute approximate surface area is 121 Å². The number of methoxy groups -OCH3 is 1. The van der Waals surface area contributed by atoms with Gasteiger partial charge in [0.25, 0.3) is 0 Å². The first kappa shape index (κ1) is 14.4. The SMILES string of the molecule is COC(=O)c1nc(-c2ccc(C)c(C)c2)sc1C(C)=O. The summed E-state index contributed by atoms with van der Waals surface area (Å²) < 4.78 is 4.67. The van der Waals surface area contributed by atoms with Crippen LogP contribution in [0, 0.1) is 13.8 Å². The van der Waals surface area contributed by atoms with Crippen molar-refractivity contribution >= 4 is 23.1 Å². The van der Waals surface area contributed by atoms with Gasteiger partial charge in [0.15, 0.2) is 11.5 Å². The number of rotatable bonds is 3. The standard InChI is InChI=1S/C15H15NO3S/c1-8-5-6-11(7-9(8)2)14-16-12(15(18)19-4)13(20-14)10(3)17/h5-7H,1-4H3. The van der Waals surface area contributed by atoms with Crippen LogP contribution in [0.15, 0.2) is 18.2 Å². The summed E-state index contributed by atoms with van der Waals surface area (Å²) in [5.74, 6) is -0.764. The fourth-order valence-electron chi connectivity index (χ4n) is 1.79. The van der Waals surface area contributed by atoms with Crippen LogP contribution in [0.1, 0.15) is 38.2 Å². The molecule has 0 radical (unpaired) electrons. The first-order valence-electron chi connectivity index (χ1n) is 6.11. The number of thiazole rings is 1. The summed E-state index contributed by atoms with van der Waals surface area (Å²) in [5, 5.41) is 0.652. The van der Waals surface area contributed by atoms with Crippen LogP contribution in [0.4, 0.5) is 0 Å². The highest BCUT2D eigenvalue weighted by Crippen LogP contribution is 2.30. The number of nitrogens with zero attached hydrogens (tertiary/aromatic N) is 1. The number of carbonyl (C=O) groups excluding carboxylic acids is 2. The Morgan fingerprint density at radius 3 is 2.45 bits per heavy atom. The van der Waals surface area contributed by atoms with Crippen LogP contribution in [0.25, 0.3) is 10.6 Å². The minimum atomic E-state index is -0.582. The summed E-state index contributed by atoms with van der Waals surface area (Å²) in [6.07, 6.45) is 0. The number of aromatic nitrogens is 1. The molecule has 1 aromatic carbocycles. The van der Waals surface area contributed by atoms with Gasteiger partial charge in [-0.15, -0.1) is 11.3 Å². The maximum absolute atomic E-state index is 11.7. The molecule has 0 N–H and O–H groups in total. The van der Waals surface area contributed by atoms with Crippen molar-refractivity contribution in [2.75, 3.05) is 7.11 Å². The van der Waals surface area contributed by atoms with E-state index in [1.807, 2.05) is 32.0 Å². The maximum Gasteiger partial charge on any atom is 0.358 e. The Hall–Kier alpha value is -2.01. The first-order chi connectivity index (χ1) is 9.43. The molecule has 5 heteroatoms. The van der Waals surface area contributed by atoms with E-state index in [0.29, 0.717) is 9.88 Å². The molecule has 0 aliphatic rings. The van der Waals surface area contributed by atoms with Crippen LogP contribution in [0.3, 0.4) is 0 Å². The zero-order valence-electron chi connectivity index (χ0n) is 11.8. The molecule has 0 spiro atoms. The van der Waals surface area contributed by atoms with E-state index < -0.39 is 5.97 Å². The highest BCUT2D eigenvalue weighted by atomic mass is 32.1. The van der Waals surface area contributed by atoms with Crippen LogP contribution in [0.2, 0.25) is 0 Å². The number of ether oxygens (including phenoxy) is 1. The average molecular weight is 289 g/mol. The Balaban J connectivity index is 2.55. The van der Waals surface area contributed by atoms with Crippen LogP contribution >= 0.6 is 11.3 Å². The first-order valence-corrected chi connectivity index (χ1v) is 6.93. The van der Waals surface area contributed by atoms with Crippen molar-refractivity contribution in [3.8, 4) is 10.6 Å². The molecule has 0 saturated heterocycles. The van der Waals surface area contributed by atoms with Gasteiger partial charge in [-0.1, -0.05) is 12.1 Å². The average Bonchev–Trinajstić information content (AvgIpc) is 2.86. The summed E-state index contributed by atoms with van der Waals surface area (Å²) in [6.45, 7) is 5.46. The van der Waals surface area contributed by atoms with Crippen LogP contribution in [0.5, 0.6) is 0 Å². The second-order valence-corrected chi connectivity index (χ2v) is 5.54. The second kappa shape index (κ2) is 5.54. The van der Waals surface area contributed by atoms with Crippen molar-refractivity contribution in [2.45, 2.75) is 20.8 Å². The summed E-state index contributed by atoms with van der Waals surface area (Å²) >= 11 is 1.22. The molecule has 0 amide bonds. The van der Waals surface area contributed by atoms with Gasteiger partial charge in [0, 0.05) is 12.5 Å². The maximum atomic E-state index is 11.7. The third-order valence-corrected chi connectivity index (χ3v) is 4.28. The molecule has 0 atom stereocenters. The highest BCUT2D eigenvalue weighted by Gasteiger charge is 2.22. The molecule has 0 bridgehead atoms. The number of benzene rings is 1. The summed E-state index contributed by atoms with van der Waals surface area (Å²) in [6, 6.07) is 5.93. The van der Waals surface area contributed by atoms with E-state index in [4.69, 9.17) is 0 Å².